The van der Waals surface area contributed by atoms with Crippen molar-refractivity contribution in [2.75, 3.05) is 11.3 Å². The van der Waals surface area contributed by atoms with Gasteiger partial charge in [-0.25, -0.2) is 13.2 Å². The van der Waals surface area contributed by atoms with E-state index in [1.807, 2.05) is 31.2 Å². The molecule has 1 aliphatic rings. The number of likely N-dealkylation sites (N-methyl/N-ethyl adjacent to an activating group) is 1. The second-order valence-corrected chi connectivity index (χ2v) is 10.4. The molecule has 0 aromatic heterocycles. The van der Waals surface area contributed by atoms with Crippen LogP contribution in [0.2, 0.25) is 0 Å². The van der Waals surface area contributed by atoms with Gasteiger partial charge in [-0.15, -0.1) is 0 Å². The lowest BCUT2D eigenvalue weighted by atomic mass is 9.95. The molecule has 35 heavy (non-hydrogen) atoms. The Morgan fingerprint density at radius 3 is 1.94 bits per heavy atom. The van der Waals surface area contributed by atoms with Crippen LogP contribution in [-0.2, 0) is 31.4 Å². The van der Waals surface area contributed by atoms with Gasteiger partial charge in [-0.05, 0) is 67.5 Å². The van der Waals surface area contributed by atoms with Gasteiger partial charge in [0.05, 0.1) is 10.3 Å². The number of carbonyl (C=O) groups is 2. The summed E-state index contributed by atoms with van der Waals surface area (Å²) in [6.45, 7) is 6.77. The van der Waals surface area contributed by atoms with Crippen molar-refractivity contribution in [3.8, 4) is 0 Å². The first-order valence-electron chi connectivity index (χ1n) is 11.0. The third-order valence-corrected chi connectivity index (χ3v) is 6.73. The van der Waals surface area contributed by atoms with Crippen LogP contribution >= 0.6 is 0 Å². The molecule has 1 aliphatic carbocycles. The Labute approximate surface area is 202 Å². The Hall–Kier alpha value is -3.08. The van der Waals surface area contributed by atoms with Gasteiger partial charge in [0.2, 0.25) is 5.91 Å². The predicted molar refractivity (Wildman–Crippen MR) is 126 cm³/mol. The smallest absolute Gasteiger partial charge is 0.475 e. The number of sulfonamides is 1. The maximum Gasteiger partial charge on any atom is 0.490 e. The number of rotatable bonds is 8. The molecule has 0 heterocycles. The number of carbonyl (C=O) groups excluding carboxylic acids is 1. The number of aliphatic carboxylic acids is 1. The molecule has 2 aromatic rings. The number of carboxylic acid groups (broad SMARTS) is 1. The molecule has 1 fully saturated rings. The molecule has 7 nitrogen and oxygen atoms in total. The summed E-state index contributed by atoms with van der Waals surface area (Å²) in [6.07, 6.45) is -2.51. The number of hydrogen-bond acceptors (Lipinski definition) is 4. The number of alkyl halides is 3. The molecule has 1 amide bonds. The molecular weight excluding hydrogens is 485 g/mol. The Balaban J connectivity index is 0.000000540. The van der Waals surface area contributed by atoms with Crippen LogP contribution in [0.5, 0.6) is 0 Å². The van der Waals surface area contributed by atoms with Crippen LogP contribution in [0.4, 0.5) is 18.9 Å². The summed E-state index contributed by atoms with van der Waals surface area (Å²) in [5.74, 6) is -2.19. The summed E-state index contributed by atoms with van der Waals surface area (Å²) in [5, 5.41) is 10.0. The predicted octanol–water partition coefficient (Wildman–Crippen LogP) is 4.49. The number of benzene rings is 2. The van der Waals surface area contributed by atoms with Gasteiger partial charge < -0.3 is 10.4 Å². The van der Waals surface area contributed by atoms with Crippen LogP contribution in [0.3, 0.4) is 0 Å². The molecule has 1 saturated carbocycles. The first-order valence-corrected chi connectivity index (χ1v) is 12.5. The van der Waals surface area contributed by atoms with Gasteiger partial charge in [0.25, 0.3) is 10.0 Å². The highest BCUT2D eigenvalue weighted by atomic mass is 32.2. The number of halogens is 3. The Morgan fingerprint density at radius 1 is 1.03 bits per heavy atom. The van der Waals surface area contributed by atoms with Crippen molar-refractivity contribution >= 4 is 27.6 Å². The van der Waals surface area contributed by atoms with Crippen molar-refractivity contribution in [2.45, 2.75) is 56.5 Å². The average molecular weight is 515 g/mol. The first-order chi connectivity index (χ1) is 16.2. The molecule has 0 bridgehead atoms. The number of nitrogens with one attached hydrogen (secondary N) is 2. The maximum atomic E-state index is 12.6. The van der Waals surface area contributed by atoms with Gasteiger partial charge in [0.1, 0.15) is 0 Å². The molecule has 3 rings (SSSR count). The van der Waals surface area contributed by atoms with E-state index in [9.17, 15) is 26.4 Å². The van der Waals surface area contributed by atoms with Gasteiger partial charge >= 0.3 is 12.1 Å². The van der Waals surface area contributed by atoms with Crippen molar-refractivity contribution in [3.05, 3.63) is 59.7 Å². The first kappa shape index (κ1) is 28.2. The van der Waals surface area contributed by atoms with Crippen molar-refractivity contribution in [1.82, 2.24) is 5.32 Å². The van der Waals surface area contributed by atoms with E-state index in [4.69, 9.17) is 9.90 Å². The third-order valence-electron chi connectivity index (χ3n) is 5.33. The second kappa shape index (κ2) is 11.1. The highest BCUT2D eigenvalue weighted by Gasteiger charge is 2.50. The lowest BCUT2D eigenvalue weighted by Gasteiger charge is -2.16. The van der Waals surface area contributed by atoms with E-state index in [0.29, 0.717) is 18.2 Å². The summed E-state index contributed by atoms with van der Waals surface area (Å²) >= 11 is 0. The fraction of sp³-hybridized carbons (Fsp3) is 0.417. The minimum atomic E-state index is -5.08. The summed E-state index contributed by atoms with van der Waals surface area (Å²) < 4.78 is 59.7. The molecule has 0 aliphatic heterocycles. The third kappa shape index (κ3) is 7.71. The minimum absolute atomic E-state index is 0.0461. The molecule has 0 radical (unpaired) electrons. The van der Waals surface area contributed by atoms with E-state index >= 15 is 0 Å². The van der Waals surface area contributed by atoms with Gasteiger partial charge in [0.15, 0.2) is 0 Å². The van der Waals surface area contributed by atoms with E-state index in [0.717, 1.165) is 30.4 Å². The van der Waals surface area contributed by atoms with Crippen LogP contribution in [0.25, 0.3) is 0 Å². The molecule has 11 heteroatoms. The largest absolute Gasteiger partial charge is 0.490 e. The topological polar surface area (TPSA) is 113 Å². The number of carboxylic acids is 1. The molecular formula is C24H29F3N2O5S. The molecule has 0 atom stereocenters. The Morgan fingerprint density at radius 2 is 1.54 bits per heavy atom. The molecule has 0 unspecified atom stereocenters. The lowest BCUT2D eigenvalue weighted by Crippen LogP contribution is -2.34. The number of amides is 1. The zero-order valence-electron chi connectivity index (χ0n) is 19.6. The average Bonchev–Trinajstić information content (AvgIpc) is 3.56. The van der Waals surface area contributed by atoms with E-state index in [-0.39, 0.29) is 10.8 Å². The highest BCUT2D eigenvalue weighted by molar-refractivity contribution is 7.92. The Bertz CT molecular complexity index is 1130. The van der Waals surface area contributed by atoms with Crippen LogP contribution in [0.15, 0.2) is 53.4 Å². The normalized spacial score (nSPS) is 14.5. The summed E-state index contributed by atoms with van der Waals surface area (Å²) in [5.41, 5.74) is 2.10. The van der Waals surface area contributed by atoms with Gasteiger partial charge in [-0.3, -0.25) is 9.52 Å². The summed E-state index contributed by atoms with van der Waals surface area (Å²) in [7, 11) is -3.65. The quantitative estimate of drug-likeness (QED) is 0.481. The van der Waals surface area contributed by atoms with Crippen LogP contribution in [-0.4, -0.2) is 38.1 Å². The van der Waals surface area contributed by atoms with Crippen molar-refractivity contribution in [3.63, 3.8) is 0 Å². The van der Waals surface area contributed by atoms with Gasteiger partial charge in [-0.2, -0.15) is 13.2 Å². The SMILES string of the molecule is CCNC(=O)C1(c2ccc(NS(=O)(=O)c3ccc(CC(C)C)cc3)cc2)CC1.O=C(O)C(F)(F)F. The minimum Gasteiger partial charge on any atom is -0.475 e. The Kier molecular flexibility index (Phi) is 8.94. The molecule has 192 valence electrons. The van der Waals surface area contributed by atoms with E-state index < -0.39 is 27.6 Å². The maximum absolute atomic E-state index is 12.6. The van der Waals surface area contributed by atoms with Gasteiger partial charge in [0, 0.05) is 12.2 Å². The second-order valence-electron chi connectivity index (χ2n) is 8.67. The zero-order chi connectivity index (χ0) is 26.4. The number of anilines is 1. The molecule has 3 N–H and O–H groups in total. The van der Waals surface area contributed by atoms with Crippen molar-refractivity contribution in [2.24, 2.45) is 5.92 Å². The van der Waals surface area contributed by atoms with E-state index in [1.54, 1.807) is 24.3 Å². The van der Waals surface area contributed by atoms with Crippen LogP contribution in [0, 0.1) is 5.92 Å². The molecule has 0 spiro atoms. The zero-order valence-corrected chi connectivity index (χ0v) is 20.5. The van der Waals surface area contributed by atoms with Crippen molar-refractivity contribution in [1.29, 1.82) is 0 Å². The van der Waals surface area contributed by atoms with Crippen LogP contribution in [0.1, 0.15) is 44.7 Å². The van der Waals surface area contributed by atoms with Crippen LogP contribution < -0.4 is 10.0 Å². The molecule has 2 aromatic carbocycles. The van der Waals surface area contributed by atoms with E-state index in [1.165, 1.54) is 0 Å². The fourth-order valence-electron chi connectivity index (χ4n) is 3.45. The monoisotopic (exact) mass is 514 g/mol. The highest BCUT2D eigenvalue weighted by Crippen LogP contribution is 2.48. The summed E-state index contributed by atoms with van der Waals surface area (Å²) in [6, 6.07) is 14.1. The van der Waals surface area contributed by atoms with E-state index in [2.05, 4.69) is 23.9 Å². The fourth-order valence-corrected chi connectivity index (χ4v) is 4.51. The molecule has 0 saturated heterocycles. The number of hydrogen-bond donors (Lipinski definition) is 3. The van der Waals surface area contributed by atoms with Crippen molar-refractivity contribution < 1.29 is 36.3 Å². The standard InChI is InChI=1S/C22H28N2O3S.C2HF3O2/c1-4-23-21(25)22(13-14-22)18-7-9-19(10-8-18)24-28(26,27)20-11-5-17(6-12-20)15-16(2)3;3-2(4,5)1(6)7/h5-12,16,24H,4,13-15H2,1-3H3,(H,23,25);(H,6,7). The lowest BCUT2D eigenvalue weighted by molar-refractivity contribution is -0.192. The summed E-state index contributed by atoms with van der Waals surface area (Å²) in [4.78, 5) is 21.4. The van der Waals surface area contributed by atoms with Gasteiger partial charge in [-0.1, -0.05) is 38.1 Å².